The van der Waals surface area contributed by atoms with Crippen LogP contribution >= 0.6 is 0 Å². The second-order valence-electron chi connectivity index (χ2n) is 4.67. The molecular formula is C12H18N4O3. The molecule has 0 aromatic carbocycles. The van der Waals surface area contributed by atoms with Gasteiger partial charge < -0.3 is 9.64 Å². The molecule has 104 valence electrons. The number of aromatic nitrogens is 3. The van der Waals surface area contributed by atoms with Crippen LogP contribution in [0.5, 0.6) is 0 Å². The Morgan fingerprint density at radius 2 is 2.05 bits per heavy atom. The maximum absolute atomic E-state index is 12.3. The van der Waals surface area contributed by atoms with Gasteiger partial charge in [0, 0.05) is 13.1 Å². The minimum atomic E-state index is -0.364. The summed E-state index contributed by atoms with van der Waals surface area (Å²) in [7, 11) is 1.40. The molecule has 7 nitrogen and oxygen atoms in total. The molecular weight excluding hydrogens is 248 g/mol. The first-order valence-electron chi connectivity index (χ1n) is 6.34. The minimum Gasteiger partial charge on any atom is -0.469 e. The molecule has 1 saturated heterocycles. The SMILES string of the molecule is COC(=O)C1CCN(C(=O)C(C)n2cncn2)CC1. The topological polar surface area (TPSA) is 77.3 Å². The molecule has 2 heterocycles. The van der Waals surface area contributed by atoms with Gasteiger partial charge in [0.05, 0.1) is 13.0 Å². The molecule has 0 aliphatic carbocycles. The summed E-state index contributed by atoms with van der Waals surface area (Å²) in [4.78, 5) is 29.3. The highest BCUT2D eigenvalue weighted by molar-refractivity contribution is 5.80. The summed E-state index contributed by atoms with van der Waals surface area (Å²) >= 11 is 0. The summed E-state index contributed by atoms with van der Waals surface area (Å²) in [6.07, 6.45) is 4.25. The first kappa shape index (κ1) is 13.5. The van der Waals surface area contributed by atoms with Crippen molar-refractivity contribution in [2.45, 2.75) is 25.8 Å². The molecule has 2 rings (SSSR count). The van der Waals surface area contributed by atoms with E-state index < -0.39 is 0 Å². The minimum absolute atomic E-state index is 0.00816. The van der Waals surface area contributed by atoms with Gasteiger partial charge in [-0.2, -0.15) is 5.10 Å². The third-order valence-electron chi connectivity index (χ3n) is 3.53. The third-order valence-corrected chi connectivity index (χ3v) is 3.53. The van der Waals surface area contributed by atoms with Crippen LogP contribution in [0, 0.1) is 5.92 Å². The van der Waals surface area contributed by atoms with E-state index in [-0.39, 0.29) is 23.8 Å². The fourth-order valence-corrected chi connectivity index (χ4v) is 2.30. The first-order chi connectivity index (χ1) is 9.13. The number of hydrogen-bond acceptors (Lipinski definition) is 5. The molecule has 1 unspecified atom stereocenters. The monoisotopic (exact) mass is 266 g/mol. The van der Waals surface area contributed by atoms with Crippen LogP contribution < -0.4 is 0 Å². The Balaban J connectivity index is 1.91. The van der Waals surface area contributed by atoms with Gasteiger partial charge in [0.2, 0.25) is 5.91 Å². The predicted octanol–water partition coefficient (Wildman–Crippen LogP) is 0.251. The normalized spacial score (nSPS) is 18.1. The van der Waals surface area contributed by atoms with Crippen molar-refractivity contribution in [1.29, 1.82) is 0 Å². The molecule has 0 radical (unpaired) electrons. The number of amides is 1. The average Bonchev–Trinajstić information content (AvgIpc) is 2.99. The Labute approximate surface area is 111 Å². The van der Waals surface area contributed by atoms with Crippen molar-refractivity contribution in [2.24, 2.45) is 5.92 Å². The predicted molar refractivity (Wildman–Crippen MR) is 66.1 cm³/mol. The van der Waals surface area contributed by atoms with Crippen LogP contribution in [0.2, 0.25) is 0 Å². The smallest absolute Gasteiger partial charge is 0.308 e. The lowest BCUT2D eigenvalue weighted by molar-refractivity contribution is -0.149. The second-order valence-corrected chi connectivity index (χ2v) is 4.67. The molecule has 1 aromatic rings. The largest absolute Gasteiger partial charge is 0.469 e. The molecule has 1 aliphatic rings. The van der Waals surface area contributed by atoms with Crippen molar-refractivity contribution >= 4 is 11.9 Å². The van der Waals surface area contributed by atoms with Gasteiger partial charge in [-0.25, -0.2) is 9.67 Å². The van der Waals surface area contributed by atoms with Crippen LogP contribution in [0.25, 0.3) is 0 Å². The quantitative estimate of drug-likeness (QED) is 0.733. The molecule has 1 fully saturated rings. The van der Waals surface area contributed by atoms with Crippen molar-refractivity contribution in [3.05, 3.63) is 12.7 Å². The van der Waals surface area contributed by atoms with E-state index in [1.165, 1.54) is 24.4 Å². The van der Waals surface area contributed by atoms with Crippen LogP contribution in [-0.2, 0) is 14.3 Å². The fourth-order valence-electron chi connectivity index (χ4n) is 2.30. The van der Waals surface area contributed by atoms with Crippen molar-refractivity contribution in [3.63, 3.8) is 0 Å². The number of esters is 1. The number of nitrogens with zero attached hydrogens (tertiary/aromatic N) is 4. The van der Waals surface area contributed by atoms with Crippen molar-refractivity contribution in [3.8, 4) is 0 Å². The van der Waals surface area contributed by atoms with E-state index >= 15 is 0 Å². The standard InChI is InChI=1S/C12H18N4O3/c1-9(16-8-13-7-14-16)11(17)15-5-3-10(4-6-15)12(18)19-2/h7-10H,3-6H2,1-2H3. The van der Waals surface area contributed by atoms with Gasteiger partial charge in [-0.1, -0.05) is 0 Å². The molecule has 1 aromatic heterocycles. The number of rotatable bonds is 3. The van der Waals surface area contributed by atoms with Gasteiger partial charge in [0.15, 0.2) is 0 Å². The highest BCUT2D eigenvalue weighted by Gasteiger charge is 2.30. The zero-order valence-electron chi connectivity index (χ0n) is 11.2. The Morgan fingerprint density at radius 3 is 2.58 bits per heavy atom. The lowest BCUT2D eigenvalue weighted by Crippen LogP contribution is -2.43. The molecule has 19 heavy (non-hydrogen) atoms. The van der Waals surface area contributed by atoms with Crippen LogP contribution in [0.3, 0.4) is 0 Å². The summed E-state index contributed by atoms with van der Waals surface area (Å²) in [6.45, 7) is 2.96. The van der Waals surface area contributed by atoms with Gasteiger partial charge in [-0.05, 0) is 19.8 Å². The highest BCUT2D eigenvalue weighted by Crippen LogP contribution is 2.20. The van der Waals surface area contributed by atoms with Crippen LogP contribution in [0.15, 0.2) is 12.7 Å². The van der Waals surface area contributed by atoms with E-state index in [0.29, 0.717) is 25.9 Å². The average molecular weight is 266 g/mol. The lowest BCUT2D eigenvalue weighted by atomic mass is 9.96. The lowest BCUT2D eigenvalue weighted by Gasteiger charge is -2.32. The molecule has 0 N–H and O–H groups in total. The Bertz CT molecular complexity index is 438. The molecule has 0 saturated carbocycles. The first-order valence-corrected chi connectivity index (χ1v) is 6.34. The number of carbonyl (C=O) groups excluding carboxylic acids is 2. The van der Waals surface area contributed by atoms with E-state index in [0.717, 1.165) is 0 Å². The number of hydrogen-bond donors (Lipinski definition) is 0. The summed E-state index contributed by atoms with van der Waals surface area (Å²) < 4.78 is 6.26. The number of ether oxygens (including phenoxy) is 1. The van der Waals surface area contributed by atoms with E-state index in [2.05, 4.69) is 10.1 Å². The van der Waals surface area contributed by atoms with Gasteiger partial charge in [0.25, 0.3) is 0 Å². The van der Waals surface area contributed by atoms with Crippen LogP contribution in [0.1, 0.15) is 25.8 Å². The molecule has 0 spiro atoms. The number of likely N-dealkylation sites (tertiary alicyclic amines) is 1. The van der Waals surface area contributed by atoms with E-state index in [1.807, 2.05) is 0 Å². The third kappa shape index (κ3) is 2.91. The molecule has 7 heteroatoms. The maximum atomic E-state index is 12.3. The van der Waals surface area contributed by atoms with Crippen molar-refractivity contribution in [1.82, 2.24) is 19.7 Å². The summed E-state index contributed by atoms with van der Waals surface area (Å²) in [5.41, 5.74) is 0. The van der Waals surface area contributed by atoms with Gasteiger partial charge in [-0.15, -0.1) is 0 Å². The number of methoxy groups -OCH3 is 1. The van der Waals surface area contributed by atoms with Crippen LogP contribution in [0.4, 0.5) is 0 Å². The van der Waals surface area contributed by atoms with Crippen molar-refractivity contribution < 1.29 is 14.3 Å². The zero-order valence-corrected chi connectivity index (χ0v) is 11.2. The fraction of sp³-hybridized carbons (Fsp3) is 0.667. The number of piperidine rings is 1. The molecule has 1 amide bonds. The van der Waals surface area contributed by atoms with Gasteiger partial charge in [0.1, 0.15) is 18.7 Å². The summed E-state index contributed by atoms with van der Waals surface area (Å²) in [5, 5.41) is 3.97. The Kier molecular flexibility index (Phi) is 4.13. The van der Waals surface area contributed by atoms with E-state index in [9.17, 15) is 9.59 Å². The van der Waals surface area contributed by atoms with Gasteiger partial charge in [-0.3, -0.25) is 9.59 Å². The highest BCUT2D eigenvalue weighted by atomic mass is 16.5. The summed E-state index contributed by atoms with van der Waals surface area (Å²) in [5.74, 6) is -0.263. The maximum Gasteiger partial charge on any atom is 0.308 e. The Morgan fingerprint density at radius 1 is 1.37 bits per heavy atom. The van der Waals surface area contributed by atoms with E-state index in [1.54, 1.807) is 11.8 Å². The van der Waals surface area contributed by atoms with E-state index in [4.69, 9.17) is 4.74 Å². The summed E-state index contributed by atoms with van der Waals surface area (Å²) in [6, 6.07) is -0.364. The second kappa shape index (κ2) is 5.81. The van der Waals surface area contributed by atoms with Crippen molar-refractivity contribution in [2.75, 3.05) is 20.2 Å². The molecule has 1 atom stereocenters. The molecule has 1 aliphatic heterocycles. The number of carbonyl (C=O) groups is 2. The zero-order chi connectivity index (χ0) is 13.8. The van der Waals surface area contributed by atoms with Gasteiger partial charge >= 0.3 is 5.97 Å². The molecule has 0 bridgehead atoms. The Hall–Kier alpha value is -1.92. The van der Waals surface area contributed by atoms with Crippen LogP contribution in [-0.4, -0.2) is 51.7 Å².